The fourth-order valence-electron chi connectivity index (χ4n) is 2.26. The quantitative estimate of drug-likeness (QED) is 0.436. The number of rotatable bonds is 9. The zero-order chi connectivity index (χ0) is 14.8. The van der Waals surface area contributed by atoms with Crippen molar-refractivity contribution < 1.29 is 24.8 Å². The Kier molecular flexibility index (Phi) is 9.05. The number of hydrogen-bond donors (Lipinski definition) is 3. The molecule has 0 amide bonds. The van der Waals surface area contributed by atoms with Crippen LogP contribution in [0.1, 0.15) is 39.0 Å². The molecule has 5 heteroatoms. The van der Waals surface area contributed by atoms with Crippen molar-refractivity contribution in [2.75, 3.05) is 19.8 Å². The van der Waals surface area contributed by atoms with Crippen LogP contribution in [0.3, 0.4) is 0 Å². The summed E-state index contributed by atoms with van der Waals surface area (Å²) in [7, 11) is 0. The summed E-state index contributed by atoms with van der Waals surface area (Å²) in [6.07, 6.45) is 6.46. The van der Waals surface area contributed by atoms with E-state index in [1.165, 1.54) is 0 Å². The first kappa shape index (κ1) is 17.6. The lowest BCUT2D eigenvalue weighted by molar-refractivity contribution is -0.211. The summed E-state index contributed by atoms with van der Waals surface area (Å²) >= 11 is 0. The third-order valence-electron chi connectivity index (χ3n) is 3.49. The molecule has 20 heavy (non-hydrogen) atoms. The molecule has 0 aliphatic carbocycles. The van der Waals surface area contributed by atoms with Crippen LogP contribution in [0.25, 0.3) is 0 Å². The Bertz CT molecular complexity index is 267. The number of hydrogen-bond acceptors (Lipinski definition) is 5. The van der Waals surface area contributed by atoms with Crippen molar-refractivity contribution >= 4 is 0 Å². The molecule has 3 N–H and O–H groups in total. The van der Waals surface area contributed by atoms with E-state index in [9.17, 15) is 15.3 Å². The molecule has 0 unspecified atom stereocenters. The van der Waals surface area contributed by atoms with E-state index < -0.39 is 24.4 Å². The van der Waals surface area contributed by atoms with E-state index in [0.29, 0.717) is 6.61 Å². The average molecular weight is 288 g/mol. The number of aliphatic hydroxyl groups is 3. The molecule has 0 radical (unpaired) electrons. The average Bonchev–Trinajstić information content (AvgIpc) is 2.46. The standard InChI is InChI=1S/C15H28O5/c1-2-3-4-5-6-7-8-9-19-15-13(10-16)20-11-12(17)14(15)18/h3-4,12-18H,2,5-11H2,1H3/b4-3+/t12-,13+,14+,15+/m1/s1. The summed E-state index contributed by atoms with van der Waals surface area (Å²) < 4.78 is 10.8. The predicted octanol–water partition coefficient (Wildman–Crippen LogP) is 1.01. The minimum absolute atomic E-state index is 0.0377. The molecule has 0 aromatic rings. The van der Waals surface area contributed by atoms with E-state index in [-0.39, 0.29) is 13.2 Å². The Balaban J connectivity index is 2.16. The van der Waals surface area contributed by atoms with Crippen LogP contribution in [0.5, 0.6) is 0 Å². The van der Waals surface area contributed by atoms with Crippen LogP contribution in [0, 0.1) is 0 Å². The van der Waals surface area contributed by atoms with Gasteiger partial charge in [-0.1, -0.05) is 25.5 Å². The van der Waals surface area contributed by atoms with Crippen molar-refractivity contribution in [1.29, 1.82) is 0 Å². The molecule has 1 rings (SSSR count). The first-order valence-electron chi connectivity index (χ1n) is 7.55. The molecular weight excluding hydrogens is 260 g/mol. The zero-order valence-electron chi connectivity index (χ0n) is 12.3. The van der Waals surface area contributed by atoms with E-state index >= 15 is 0 Å². The van der Waals surface area contributed by atoms with Gasteiger partial charge in [-0.2, -0.15) is 0 Å². The molecule has 118 valence electrons. The van der Waals surface area contributed by atoms with E-state index in [1.54, 1.807) is 0 Å². The molecule has 1 heterocycles. The maximum absolute atomic E-state index is 9.86. The minimum Gasteiger partial charge on any atom is -0.394 e. The smallest absolute Gasteiger partial charge is 0.114 e. The number of allylic oxidation sites excluding steroid dienone is 2. The molecule has 0 aromatic heterocycles. The highest BCUT2D eigenvalue weighted by molar-refractivity contribution is 4.87. The van der Waals surface area contributed by atoms with Gasteiger partial charge in [0, 0.05) is 6.61 Å². The van der Waals surface area contributed by atoms with Gasteiger partial charge in [-0.05, 0) is 25.7 Å². The SMILES string of the molecule is CC/C=C/CCCCCO[C@@H]1[C@@H](O)[C@H](O)CO[C@H]1CO. The molecule has 4 atom stereocenters. The Morgan fingerprint density at radius 1 is 1.20 bits per heavy atom. The lowest BCUT2D eigenvalue weighted by atomic mass is 10.0. The van der Waals surface area contributed by atoms with Crippen LogP contribution in [-0.4, -0.2) is 59.6 Å². The van der Waals surface area contributed by atoms with E-state index in [0.717, 1.165) is 32.1 Å². The van der Waals surface area contributed by atoms with Gasteiger partial charge in [0.1, 0.15) is 24.4 Å². The first-order chi connectivity index (χ1) is 9.70. The van der Waals surface area contributed by atoms with Crippen molar-refractivity contribution in [3.63, 3.8) is 0 Å². The van der Waals surface area contributed by atoms with Crippen molar-refractivity contribution in [3.8, 4) is 0 Å². The van der Waals surface area contributed by atoms with Crippen molar-refractivity contribution in [2.45, 2.75) is 63.4 Å². The Hall–Kier alpha value is -0.460. The summed E-state index contributed by atoms with van der Waals surface area (Å²) in [5.41, 5.74) is 0. The molecule has 0 spiro atoms. The molecule has 0 saturated carbocycles. The topological polar surface area (TPSA) is 79.2 Å². The van der Waals surface area contributed by atoms with Gasteiger partial charge in [0.25, 0.3) is 0 Å². The largest absolute Gasteiger partial charge is 0.394 e. The van der Waals surface area contributed by atoms with Crippen LogP contribution in [0.15, 0.2) is 12.2 Å². The van der Waals surface area contributed by atoms with Gasteiger partial charge in [-0.25, -0.2) is 0 Å². The van der Waals surface area contributed by atoms with Crippen LogP contribution in [0.4, 0.5) is 0 Å². The maximum Gasteiger partial charge on any atom is 0.114 e. The molecular formula is C15H28O5. The summed E-state index contributed by atoms with van der Waals surface area (Å²) in [6, 6.07) is 0. The minimum atomic E-state index is -0.992. The lowest BCUT2D eigenvalue weighted by Gasteiger charge is -2.37. The highest BCUT2D eigenvalue weighted by Gasteiger charge is 2.39. The summed E-state index contributed by atoms with van der Waals surface area (Å²) in [4.78, 5) is 0. The van der Waals surface area contributed by atoms with Gasteiger partial charge in [0.05, 0.1) is 13.2 Å². The third kappa shape index (κ3) is 5.89. The van der Waals surface area contributed by atoms with Gasteiger partial charge in [0.2, 0.25) is 0 Å². The Labute approximate surface area is 121 Å². The van der Waals surface area contributed by atoms with Gasteiger partial charge < -0.3 is 24.8 Å². The molecule has 1 saturated heterocycles. The first-order valence-corrected chi connectivity index (χ1v) is 7.55. The second kappa shape index (κ2) is 10.3. The Morgan fingerprint density at radius 2 is 2.00 bits per heavy atom. The predicted molar refractivity (Wildman–Crippen MR) is 76.5 cm³/mol. The van der Waals surface area contributed by atoms with Gasteiger partial charge in [0.15, 0.2) is 0 Å². The highest BCUT2D eigenvalue weighted by atomic mass is 16.6. The van der Waals surface area contributed by atoms with Crippen molar-refractivity contribution in [3.05, 3.63) is 12.2 Å². The van der Waals surface area contributed by atoms with Crippen molar-refractivity contribution in [2.24, 2.45) is 0 Å². The van der Waals surface area contributed by atoms with Crippen LogP contribution in [0.2, 0.25) is 0 Å². The summed E-state index contributed by atoms with van der Waals surface area (Å²) in [5, 5.41) is 28.6. The molecule has 1 aliphatic rings. The zero-order valence-corrected chi connectivity index (χ0v) is 12.3. The van der Waals surface area contributed by atoms with Crippen LogP contribution >= 0.6 is 0 Å². The van der Waals surface area contributed by atoms with Crippen LogP contribution in [-0.2, 0) is 9.47 Å². The Morgan fingerprint density at radius 3 is 2.70 bits per heavy atom. The molecule has 1 aliphatic heterocycles. The number of unbranched alkanes of at least 4 members (excludes halogenated alkanes) is 3. The lowest BCUT2D eigenvalue weighted by Crippen LogP contribution is -2.55. The molecule has 0 aromatic carbocycles. The monoisotopic (exact) mass is 288 g/mol. The van der Waals surface area contributed by atoms with E-state index in [2.05, 4.69) is 19.1 Å². The third-order valence-corrected chi connectivity index (χ3v) is 3.49. The van der Waals surface area contributed by atoms with Gasteiger partial charge >= 0.3 is 0 Å². The highest BCUT2D eigenvalue weighted by Crippen LogP contribution is 2.19. The molecule has 0 bridgehead atoms. The summed E-state index contributed by atoms with van der Waals surface area (Å²) in [5.74, 6) is 0. The second-order valence-corrected chi connectivity index (χ2v) is 5.18. The molecule has 5 nitrogen and oxygen atoms in total. The molecule has 1 fully saturated rings. The fraction of sp³-hybridized carbons (Fsp3) is 0.867. The number of aliphatic hydroxyl groups excluding tert-OH is 3. The normalized spacial score (nSPS) is 31.0. The second-order valence-electron chi connectivity index (χ2n) is 5.18. The van der Waals surface area contributed by atoms with Crippen LogP contribution < -0.4 is 0 Å². The van der Waals surface area contributed by atoms with Crippen molar-refractivity contribution in [1.82, 2.24) is 0 Å². The van der Waals surface area contributed by atoms with Gasteiger partial charge in [-0.3, -0.25) is 0 Å². The fourth-order valence-corrected chi connectivity index (χ4v) is 2.26. The number of ether oxygens (including phenoxy) is 2. The van der Waals surface area contributed by atoms with E-state index in [4.69, 9.17) is 9.47 Å². The van der Waals surface area contributed by atoms with E-state index in [1.807, 2.05) is 0 Å². The maximum atomic E-state index is 9.86. The van der Waals surface area contributed by atoms with Gasteiger partial charge in [-0.15, -0.1) is 0 Å². The summed E-state index contributed by atoms with van der Waals surface area (Å²) in [6.45, 7) is 2.45.